The molecule has 2 aromatic rings. The van der Waals surface area contributed by atoms with E-state index in [0.29, 0.717) is 30.0 Å². The molecule has 1 unspecified atom stereocenters. The van der Waals surface area contributed by atoms with Crippen molar-refractivity contribution in [3.8, 4) is 0 Å². The molecule has 1 N–H and O–H groups in total. The van der Waals surface area contributed by atoms with Gasteiger partial charge in [-0.3, -0.25) is 4.79 Å². The van der Waals surface area contributed by atoms with Crippen LogP contribution in [-0.4, -0.2) is 29.1 Å². The number of carbonyl (C=O) groups is 2. The summed E-state index contributed by atoms with van der Waals surface area (Å²) in [7, 11) is 1.39. The summed E-state index contributed by atoms with van der Waals surface area (Å²) in [5.74, 6) is 0.151. The number of ether oxygens (including phenoxy) is 1. The predicted molar refractivity (Wildman–Crippen MR) is 128 cm³/mol. The summed E-state index contributed by atoms with van der Waals surface area (Å²) < 4.78 is 10.5. The number of allylic oxidation sites excluding steroid dienone is 1. The van der Waals surface area contributed by atoms with E-state index in [2.05, 4.69) is 23.5 Å². The number of benzene rings is 1. The molecule has 0 fully saturated rings. The minimum absolute atomic E-state index is 0.135. The molecule has 2 aliphatic rings. The Balaban J connectivity index is 1.69. The van der Waals surface area contributed by atoms with E-state index in [-0.39, 0.29) is 12.3 Å². The Hall–Kier alpha value is -3.26. The van der Waals surface area contributed by atoms with Gasteiger partial charge >= 0.3 is 5.97 Å². The minimum Gasteiger partial charge on any atom is -0.467 e. The molecule has 1 amide bonds. The number of rotatable bonds is 7. The molecule has 0 aliphatic carbocycles. The number of carbonyl (C=O) groups excluding carboxylic acids is 2. The zero-order chi connectivity index (χ0) is 23.5. The van der Waals surface area contributed by atoms with Crippen molar-refractivity contribution in [2.75, 3.05) is 7.11 Å². The number of nitrogens with zero attached hydrogens (tertiary/aromatic N) is 2. The van der Waals surface area contributed by atoms with Crippen LogP contribution < -0.4 is 5.32 Å². The minimum atomic E-state index is -0.418. The van der Waals surface area contributed by atoms with Crippen molar-refractivity contribution in [2.24, 2.45) is 4.99 Å². The SMILES string of the molecule is CCC1=C(C(=O)OC)C(c2cc(C)ccc2C)N2C(CC(=O)NCc3ccco3)=CSC2=N1. The summed E-state index contributed by atoms with van der Waals surface area (Å²) in [4.78, 5) is 32.5. The van der Waals surface area contributed by atoms with Gasteiger partial charge in [0.15, 0.2) is 5.17 Å². The van der Waals surface area contributed by atoms with Crippen LogP contribution in [-0.2, 0) is 20.9 Å². The molecule has 1 atom stereocenters. The van der Waals surface area contributed by atoms with Crippen molar-refractivity contribution in [1.82, 2.24) is 10.2 Å². The molecule has 0 saturated heterocycles. The van der Waals surface area contributed by atoms with Gasteiger partial charge in [-0.2, -0.15) is 0 Å². The van der Waals surface area contributed by atoms with Crippen LogP contribution >= 0.6 is 11.8 Å². The maximum Gasteiger partial charge on any atom is 0.338 e. The van der Waals surface area contributed by atoms with Gasteiger partial charge in [-0.1, -0.05) is 42.4 Å². The monoisotopic (exact) mass is 465 g/mol. The number of esters is 1. The second kappa shape index (κ2) is 9.70. The lowest BCUT2D eigenvalue weighted by Crippen LogP contribution is -2.38. The highest BCUT2D eigenvalue weighted by atomic mass is 32.2. The van der Waals surface area contributed by atoms with Gasteiger partial charge in [0, 0.05) is 5.70 Å². The highest BCUT2D eigenvalue weighted by Crippen LogP contribution is 2.46. The second-order valence-corrected chi connectivity index (χ2v) is 8.83. The Bertz CT molecular complexity index is 1160. The second-order valence-electron chi connectivity index (χ2n) is 7.99. The topological polar surface area (TPSA) is 84.1 Å². The first kappa shape index (κ1) is 22.9. The zero-order valence-corrected chi connectivity index (χ0v) is 20.0. The molecular formula is C25H27N3O4S. The van der Waals surface area contributed by atoms with E-state index in [4.69, 9.17) is 14.1 Å². The van der Waals surface area contributed by atoms with E-state index in [1.54, 1.807) is 12.3 Å². The number of furan rings is 1. The Morgan fingerprint density at radius 3 is 2.79 bits per heavy atom. The third-order valence-electron chi connectivity index (χ3n) is 5.74. The summed E-state index contributed by atoms with van der Waals surface area (Å²) in [6, 6.07) is 9.39. The molecule has 8 heteroatoms. The number of aliphatic imine (C=N–C) groups is 1. The van der Waals surface area contributed by atoms with Crippen molar-refractivity contribution in [2.45, 2.75) is 46.2 Å². The Kier molecular flexibility index (Phi) is 6.74. The average molecular weight is 466 g/mol. The zero-order valence-electron chi connectivity index (χ0n) is 19.2. The number of amides is 1. The maximum atomic E-state index is 13.0. The molecule has 2 aliphatic heterocycles. The molecular weight excluding hydrogens is 438 g/mol. The van der Waals surface area contributed by atoms with Gasteiger partial charge in [-0.25, -0.2) is 9.79 Å². The van der Waals surface area contributed by atoms with Crippen molar-refractivity contribution in [1.29, 1.82) is 0 Å². The third kappa shape index (κ3) is 4.61. The van der Waals surface area contributed by atoms with Crippen LogP contribution in [0.25, 0.3) is 0 Å². The van der Waals surface area contributed by atoms with Crippen LogP contribution in [0.2, 0.25) is 0 Å². The summed E-state index contributed by atoms with van der Waals surface area (Å²) in [6.07, 6.45) is 2.33. The quantitative estimate of drug-likeness (QED) is 0.595. The third-order valence-corrected chi connectivity index (χ3v) is 6.63. The normalized spacial score (nSPS) is 17.5. The number of aryl methyl sites for hydroxylation is 2. The molecule has 1 aromatic carbocycles. The number of hydrogen-bond donors (Lipinski definition) is 1. The largest absolute Gasteiger partial charge is 0.467 e. The number of fused-ring (bicyclic) bond motifs is 1. The first-order valence-corrected chi connectivity index (χ1v) is 11.7. The summed E-state index contributed by atoms with van der Waals surface area (Å²) >= 11 is 1.47. The molecule has 0 bridgehead atoms. The molecule has 4 rings (SSSR count). The van der Waals surface area contributed by atoms with Crippen LogP contribution in [0.1, 0.15) is 48.3 Å². The predicted octanol–water partition coefficient (Wildman–Crippen LogP) is 4.74. The van der Waals surface area contributed by atoms with Gasteiger partial charge in [0.2, 0.25) is 5.91 Å². The highest BCUT2D eigenvalue weighted by molar-refractivity contribution is 8.16. The van der Waals surface area contributed by atoms with Gasteiger partial charge < -0.3 is 19.4 Å². The van der Waals surface area contributed by atoms with Gasteiger partial charge in [0.1, 0.15) is 5.76 Å². The molecule has 0 radical (unpaired) electrons. The Morgan fingerprint density at radius 1 is 1.27 bits per heavy atom. The van der Waals surface area contributed by atoms with Crippen molar-refractivity contribution in [3.05, 3.63) is 81.4 Å². The number of nitrogens with one attached hydrogen (secondary N) is 1. The van der Waals surface area contributed by atoms with Crippen LogP contribution in [0.3, 0.4) is 0 Å². The fourth-order valence-electron chi connectivity index (χ4n) is 4.09. The van der Waals surface area contributed by atoms with Crippen molar-refractivity contribution >= 4 is 28.8 Å². The fraction of sp³-hybridized carbons (Fsp3) is 0.320. The Labute approximate surface area is 197 Å². The van der Waals surface area contributed by atoms with Crippen LogP contribution in [0.15, 0.2) is 68.4 Å². The summed E-state index contributed by atoms with van der Waals surface area (Å²) in [5, 5.41) is 5.60. The van der Waals surface area contributed by atoms with E-state index < -0.39 is 12.0 Å². The van der Waals surface area contributed by atoms with Crippen LogP contribution in [0.4, 0.5) is 0 Å². The summed E-state index contributed by atoms with van der Waals surface area (Å²) in [5.41, 5.74) is 5.17. The molecule has 0 saturated carbocycles. The van der Waals surface area contributed by atoms with Crippen LogP contribution in [0, 0.1) is 13.8 Å². The van der Waals surface area contributed by atoms with Gasteiger partial charge in [-0.05, 0) is 48.9 Å². The molecule has 7 nitrogen and oxygen atoms in total. The average Bonchev–Trinajstić information content (AvgIpc) is 3.47. The number of amidine groups is 1. The highest BCUT2D eigenvalue weighted by Gasteiger charge is 2.42. The number of thioether (sulfide) groups is 1. The lowest BCUT2D eigenvalue weighted by molar-refractivity contribution is -0.136. The molecule has 3 heterocycles. The van der Waals surface area contributed by atoms with E-state index in [0.717, 1.165) is 27.6 Å². The van der Waals surface area contributed by atoms with E-state index in [1.807, 2.05) is 37.1 Å². The van der Waals surface area contributed by atoms with Gasteiger partial charge in [0.25, 0.3) is 0 Å². The Morgan fingerprint density at radius 2 is 2.09 bits per heavy atom. The van der Waals surface area contributed by atoms with Crippen molar-refractivity contribution < 1.29 is 18.7 Å². The smallest absolute Gasteiger partial charge is 0.338 e. The van der Waals surface area contributed by atoms with Gasteiger partial charge in [0.05, 0.1) is 43.7 Å². The molecule has 33 heavy (non-hydrogen) atoms. The van der Waals surface area contributed by atoms with E-state index >= 15 is 0 Å². The molecule has 1 aromatic heterocycles. The van der Waals surface area contributed by atoms with Gasteiger partial charge in [-0.15, -0.1) is 0 Å². The number of hydrogen-bond acceptors (Lipinski definition) is 7. The lowest BCUT2D eigenvalue weighted by Gasteiger charge is -2.37. The summed E-state index contributed by atoms with van der Waals surface area (Å²) in [6.45, 7) is 6.36. The van der Waals surface area contributed by atoms with E-state index in [1.165, 1.54) is 18.9 Å². The standard InChI is InChI=1S/C25H27N3O4S/c1-5-20-22(24(30)31-4)23(19-11-15(2)8-9-16(19)3)28-17(14-33-25(28)27-20)12-21(29)26-13-18-7-6-10-32-18/h6-11,14,23H,5,12-13H2,1-4H3,(H,26,29). The number of methoxy groups -OCH3 is 1. The lowest BCUT2D eigenvalue weighted by atomic mass is 9.89. The first-order chi connectivity index (χ1) is 15.9. The molecule has 0 spiro atoms. The fourth-order valence-corrected chi connectivity index (χ4v) is 5.02. The first-order valence-electron chi connectivity index (χ1n) is 10.8. The van der Waals surface area contributed by atoms with Crippen LogP contribution in [0.5, 0.6) is 0 Å². The molecule has 172 valence electrons. The van der Waals surface area contributed by atoms with Crippen molar-refractivity contribution in [3.63, 3.8) is 0 Å². The maximum absolute atomic E-state index is 13.0. The van der Waals surface area contributed by atoms with E-state index in [9.17, 15) is 9.59 Å².